The van der Waals surface area contributed by atoms with Crippen LogP contribution < -0.4 is 10.6 Å². The number of anilines is 2. The molecule has 4 nitrogen and oxygen atoms in total. The number of halogens is 1. The van der Waals surface area contributed by atoms with Crippen LogP contribution in [0.25, 0.3) is 0 Å². The summed E-state index contributed by atoms with van der Waals surface area (Å²) in [6.45, 7) is 0.785. The molecule has 0 spiro atoms. The van der Waals surface area contributed by atoms with Gasteiger partial charge >= 0.3 is 0 Å². The predicted octanol–water partition coefficient (Wildman–Crippen LogP) is 4.53. The molecule has 23 heavy (non-hydrogen) atoms. The van der Waals surface area contributed by atoms with Crippen LogP contribution in [0.5, 0.6) is 0 Å². The summed E-state index contributed by atoms with van der Waals surface area (Å²) in [6, 6.07) is 10.4. The van der Waals surface area contributed by atoms with Crippen LogP contribution in [-0.2, 0) is 6.42 Å². The largest absolute Gasteiger partial charge is 0.367 e. The molecular formula is C18H23ClN4. The van der Waals surface area contributed by atoms with Crippen molar-refractivity contribution in [2.45, 2.75) is 44.6 Å². The molecule has 5 heteroatoms. The summed E-state index contributed by atoms with van der Waals surface area (Å²) in [5.74, 6) is 1.59. The van der Waals surface area contributed by atoms with E-state index in [1.54, 1.807) is 6.20 Å². The van der Waals surface area contributed by atoms with Crippen LogP contribution in [0.1, 0.15) is 37.7 Å². The van der Waals surface area contributed by atoms with E-state index in [0.29, 0.717) is 12.0 Å². The Bertz CT molecular complexity index is 626. The summed E-state index contributed by atoms with van der Waals surface area (Å²) in [5.41, 5.74) is 1.21. The van der Waals surface area contributed by atoms with Gasteiger partial charge in [0.25, 0.3) is 0 Å². The molecule has 1 aliphatic carbocycles. The zero-order valence-corrected chi connectivity index (χ0v) is 14.0. The highest BCUT2D eigenvalue weighted by atomic mass is 35.5. The van der Waals surface area contributed by atoms with E-state index in [1.807, 2.05) is 24.3 Å². The quantitative estimate of drug-likeness (QED) is 0.817. The highest BCUT2D eigenvalue weighted by Crippen LogP contribution is 2.21. The highest BCUT2D eigenvalue weighted by molar-refractivity contribution is 6.30. The standard InChI is InChI=1S/C18H23ClN4/c19-15-6-4-5-14(13-15)9-11-20-18-21-12-10-17(23-18)22-16-7-2-1-3-8-16/h4-6,10,12-13,16H,1-3,7-9,11H2,(H2,20,21,22,23). The second-order valence-electron chi connectivity index (χ2n) is 6.05. The lowest BCUT2D eigenvalue weighted by Crippen LogP contribution is -2.23. The molecule has 2 aromatic rings. The average Bonchev–Trinajstić information content (AvgIpc) is 2.56. The fourth-order valence-electron chi connectivity index (χ4n) is 2.99. The Kier molecular flexibility index (Phi) is 5.70. The first kappa shape index (κ1) is 16.1. The lowest BCUT2D eigenvalue weighted by atomic mass is 9.95. The number of nitrogens with one attached hydrogen (secondary N) is 2. The Morgan fingerprint density at radius 1 is 1.13 bits per heavy atom. The molecule has 1 aromatic carbocycles. The molecule has 0 unspecified atom stereocenters. The maximum absolute atomic E-state index is 6.00. The minimum Gasteiger partial charge on any atom is -0.367 e. The van der Waals surface area contributed by atoms with Crippen molar-refractivity contribution in [3.8, 4) is 0 Å². The van der Waals surface area contributed by atoms with Crippen LogP contribution in [0.2, 0.25) is 5.02 Å². The third kappa shape index (κ3) is 5.10. The van der Waals surface area contributed by atoms with Crippen LogP contribution in [0, 0.1) is 0 Å². The molecule has 0 saturated heterocycles. The van der Waals surface area contributed by atoms with E-state index < -0.39 is 0 Å². The first-order valence-electron chi connectivity index (χ1n) is 8.37. The summed E-state index contributed by atoms with van der Waals surface area (Å²) >= 11 is 6.00. The number of aromatic nitrogens is 2. The van der Waals surface area contributed by atoms with Gasteiger partial charge in [0.2, 0.25) is 5.95 Å². The van der Waals surface area contributed by atoms with Crippen molar-refractivity contribution < 1.29 is 0 Å². The van der Waals surface area contributed by atoms with E-state index in [1.165, 1.54) is 37.7 Å². The Morgan fingerprint density at radius 3 is 2.83 bits per heavy atom. The van der Waals surface area contributed by atoms with Gasteiger partial charge in [0, 0.05) is 23.8 Å². The summed E-state index contributed by atoms with van der Waals surface area (Å²) in [6.07, 6.45) is 9.16. The van der Waals surface area contributed by atoms with Crippen LogP contribution in [0.4, 0.5) is 11.8 Å². The van der Waals surface area contributed by atoms with Gasteiger partial charge in [0.15, 0.2) is 0 Å². The molecule has 3 rings (SSSR count). The minimum atomic E-state index is 0.554. The predicted molar refractivity (Wildman–Crippen MR) is 96.2 cm³/mol. The normalized spacial score (nSPS) is 15.3. The lowest BCUT2D eigenvalue weighted by molar-refractivity contribution is 0.462. The highest BCUT2D eigenvalue weighted by Gasteiger charge is 2.13. The molecular weight excluding hydrogens is 308 g/mol. The van der Waals surface area contributed by atoms with Crippen LogP contribution in [0.3, 0.4) is 0 Å². The van der Waals surface area contributed by atoms with Gasteiger partial charge in [-0.2, -0.15) is 4.98 Å². The molecule has 1 aromatic heterocycles. The summed E-state index contributed by atoms with van der Waals surface area (Å²) in [5, 5.41) is 7.59. The third-order valence-corrected chi connectivity index (χ3v) is 4.43. The molecule has 0 radical (unpaired) electrons. The summed E-state index contributed by atoms with van der Waals surface area (Å²) < 4.78 is 0. The number of nitrogens with zero attached hydrogens (tertiary/aromatic N) is 2. The first-order chi connectivity index (χ1) is 11.3. The molecule has 2 N–H and O–H groups in total. The Morgan fingerprint density at radius 2 is 2.00 bits per heavy atom. The SMILES string of the molecule is Clc1cccc(CCNc2nccc(NC3CCCCC3)n2)c1. The molecule has 1 aliphatic rings. The zero-order chi connectivity index (χ0) is 15.9. The maximum Gasteiger partial charge on any atom is 0.224 e. The number of benzene rings is 1. The molecule has 122 valence electrons. The van der Waals surface area contributed by atoms with Crippen LogP contribution in [-0.4, -0.2) is 22.6 Å². The van der Waals surface area contributed by atoms with Gasteiger partial charge in [-0.15, -0.1) is 0 Å². The number of hydrogen-bond donors (Lipinski definition) is 2. The van der Waals surface area contributed by atoms with E-state index in [4.69, 9.17) is 11.6 Å². The van der Waals surface area contributed by atoms with Crippen molar-refractivity contribution >= 4 is 23.4 Å². The van der Waals surface area contributed by atoms with Crippen molar-refractivity contribution in [2.75, 3.05) is 17.2 Å². The molecule has 1 heterocycles. The van der Waals surface area contributed by atoms with Crippen molar-refractivity contribution in [3.63, 3.8) is 0 Å². The summed E-state index contributed by atoms with van der Waals surface area (Å²) in [4.78, 5) is 8.85. The van der Waals surface area contributed by atoms with E-state index >= 15 is 0 Å². The molecule has 1 fully saturated rings. The zero-order valence-electron chi connectivity index (χ0n) is 13.3. The van der Waals surface area contributed by atoms with Gasteiger partial charge in [-0.3, -0.25) is 0 Å². The van der Waals surface area contributed by atoms with E-state index in [9.17, 15) is 0 Å². The Labute approximate surface area is 142 Å². The van der Waals surface area contributed by atoms with Crippen molar-refractivity contribution in [1.82, 2.24) is 9.97 Å². The van der Waals surface area contributed by atoms with Crippen molar-refractivity contribution in [1.29, 1.82) is 0 Å². The minimum absolute atomic E-state index is 0.554. The monoisotopic (exact) mass is 330 g/mol. The smallest absolute Gasteiger partial charge is 0.224 e. The third-order valence-electron chi connectivity index (χ3n) is 4.20. The Hall–Kier alpha value is -1.81. The lowest BCUT2D eigenvalue weighted by Gasteiger charge is -2.23. The van der Waals surface area contributed by atoms with E-state index in [-0.39, 0.29) is 0 Å². The fourth-order valence-corrected chi connectivity index (χ4v) is 3.20. The van der Waals surface area contributed by atoms with Gasteiger partial charge < -0.3 is 10.6 Å². The van der Waals surface area contributed by atoms with Gasteiger partial charge in [0.1, 0.15) is 5.82 Å². The Balaban J connectivity index is 1.51. The summed E-state index contributed by atoms with van der Waals surface area (Å²) in [7, 11) is 0. The first-order valence-corrected chi connectivity index (χ1v) is 8.75. The molecule has 0 aliphatic heterocycles. The van der Waals surface area contributed by atoms with Gasteiger partial charge in [-0.1, -0.05) is 43.0 Å². The van der Waals surface area contributed by atoms with Crippen molar-refractivity contribution in [2.24, 2.45) is 0 Å². The van der Waals surface area contributed by atoms with Gasteiger partial charge in [-0.05, 0) is 43.0 Å². The number of hydrogen-bond acceptors (Lipinski definition) is 4. The van der Waals surface area contributed by atoms with Crippen LogP contribution in [0.15, 0.2) is 36.5 Å². The van der Waals surface area contributed by atoms with E-state index in [0.717, 1.165) is 23.8 Å². The van der Waals surface area contributed by atoms with E-state index in [2.05, 4.69) is 26.7 Å². The molecule has 0 amide bonds. The fraction of sp³-hybridized carbons (Fsp3) is 0.444. The molecule has 0 bridgehead atoms. The average molecular weight is 331 g/mol. The molecule has 1 saturated carbocycles. The van der Waals surface area contributed by atoms with Gasteiger partial charge in [-0.25, -0.2) is 4.98 Å². The van der Waals surface area contributed by atoms with Crippen molar-refractivity contribution in [3.05, 3.63) is 47.1 Å². The molecule has 0 atom stereocenters. The second-order valence-corrected chi connectivity index (χ2v) is 6.49. The topological polar surface area (TPSA) is 49.8 Å². The second kappa shape index (κ2) is 8.16. The maximum atomic E-state index is 6.00. The van der Waals surface area contributed by atoms with Gasteiger partial charge in [0.05, 0.1) is 0 Å². The van der Waals surface area contributed by atoms with Crippen LogP contribution >= 0.6 is 11.6 Å². The number of rotatable bonds is 6.